The minimum Gasteiger partial charge on any atom is -0.357 e. The summed E-state index contributed by atoms with van der Waals surface area (Å²) in [5, 5.41) is 6.53. The molecule has 0 heterocycles. The molecule has 1 saturated carbocycles. The largest absolute Gasteiger partial charge is 0.357 e. The van der Waals surface area contributed by atoms with Gasteiger partial charge in [-0.2, -0.15) is 0 Å². The standard InChI is InChI=1S/C21H27FN4O2S.HI/c1-3-24-20(25-14-16-8-10-17(11-9-16)29(27,28)23-2)26-15-21(12-13-21)18-6-4-5-7-19(18)22;/h4-11,23H,3,12-15H2,1-2H3,(H2,24,25,26);1H. The first-order valence-electron chi connectivity index (χ1n) is 9.70. The van der Waals surface area contributed by atoms with Gasteiger partial charge < -0.3 is 10.6 Å². The molecule has 6 nitrogen and oxygen atoms in total. The Hall–Kier alpha value is -1.72. The van der Waals surface area contributed by atoms with Gasteiger partial charge in [-0.1, -0.05) is 30.3 Å². The minimum absolute atomic E-state index is 0. The number of sulfonamides is 1. The van der Waals surface area contributed by atoms with E-state index >= 15 is 0 Å². The van der Waals surface area contributed by atoms with Crippen LogP contribution < -0.4 is 15.4 Å². The van der Waals surface area contributed by atoms with Gasteiger partial charge in [0.05, 0.1) is 11.4 Å². The Morgan fingerprint density at radius 1 is 1.10 bits per heavy atom. The molecule has 0 amide bonds. The molecule has 9 heteroatoms. The lowest BCUT2D eigenvalue weighted by molar-refractivity contribution is 0.559. The van der Waals surface area contributed by atoms with E-state index in [0.717, 1.165) is 24.0 Å². The number of hydrogen-bond donors (Lipinski definition) is 3. The van der Waals surface area contributed by atoms with Gasteiger partial charge in [-0.15, -0.1) is 24.0 Å². The van der Waals surface area contributed by atoms with Crippen LogP contribution in [0.5, 0.6) is 0 Å². The molecule has 2 aromatic carbocycles. The van der Waals surface area contributed by atoms with Crippen molar-refractivity contribution in [2.45, 2.75) is 36.6 Å². The summed E-state index contributed by atoms with van der Waals surface area (Å²) in [7, 11) is -2.06. The molecule has 0 radical (unpaired) electrons. The molecule has 1 aliphatic rings. The smallest absolute Gasteiger partial charge is 0.240 e. The van der Waals surface area contributed by atoms with Crippen LogP contribution in [0.25, 0.3) is 0 Å². The van der Waals surface area contributed by atoms with Gasteiger partial charge in [0.1, 0.15) is 5.82 Å². The van der Waals surface area contributed by atoms with Crippen LogP contribution in [0.15, 0.2) is 58.4 Å². The molecule has 1 aliphatic carbocycles. The van der Waals surface area contributed by atoms with Gasteiger partial charge in [0.25, 0.3) is 0 Å². The van der Waals surface area contributed by atoms with E-state index < -0.39 is 10.0 Å². The van der Waals surface area contributed by atoms with Crippen LogP contribution in [0, 0.1) is 5.82 Å². The number of halogens is 2. The third kappa shape index (κ3) is 5.92. The van der Waals surface area contributed by atoms with E-state index in [1.807, 2.05) is 19.1 Å². The van der Waals surface area contributed by atoms with Crippen molar-refractivity contribution >= 4 is 40.0 Å². The Balaban J connectivity index is 0.00000320. The second-order valence-corrected chi connectivity index (χ2v) is 9.05. The summed E-state index contributed by atoms with van der Waals surface area (Å²) in [5.74, 6) is 0.493. The van der Waals surface area contributed by atoms with Crippen molar-refractivity contribution in [3.8, 4) is 0 Å². The maximum atomic E-state index is 14.2. The Bertz CT molecular complexity index is 977. The fraction of sp³-hybridized carbons (Fsp3) is 0.381. The average Bonchev–Trinajstić information content (AvgIpc) is 3.51. The van der Waals surface area contributed by atoms with E-state index in [4.69, 9.17) is 0 Å². The Morgan fingerprint density at radius 2 is 1.77 bits per heavy atom. The Labute approximate surface area is 194 Å². The van der Waals surface area contributed by atoms with Crippen molar-refractivity contribution < 1.29 is 12.8 Å². The molecule has 0 aromatic heterocycles. The van der Waals surface area contributed by atoms with Crippen LogP contribution in [0.1, 0.15) is 30.9 Å². The highest BCUT2D eigenvalue weighted by molar-refractivity contribution is 14.0. The van der Waals surface area contributed by atoms with Gasteiger partial charge in [-0.05, 0) is 56.1 Å². The van der Waals surface area contributed by atoms with Crippen LogP contribution in [-0.4, -0.2) is 34.5 Å². The van der Waals surface area contributed by atoms with Crippen molar-refractivity contribution in [2.24, 2.45) is 4.99 Å². The number of aliphatic imine (C=N–C) groups is 1. The summed E-state index contributed by atoms with van der Waals surface area (Å²) in [6.45, 7) is 3.71. The molecule has 2 aromatic rings. The van der Waals surface area contributed by atoms with Crippen LogP contribution >= 0.6 is 24.0 Å². The molecule has 0 saturated heterocycles. The average molecular weight is 546 g/mol. The van der Waals surface area contributed by atoms with E-state index in [-0.39, 0.29) is 40.1 Å². The van der Waals surface area contributed by atoms with Crippen molar-refractivity contribution in [1.29, 1.82) is 0 Å². The maximum Gasteiger partial charge on any atom is 0.240 e. The SMILES string of the molecule is CCNC(=NCc1ccc(S(=O)(=O)NC)cc1)NCC1(c2ccccc2F)CC1.I. The van der Waals surface area contributed by atoms with Gasteiger partial charge in [0.15, 0.2) is 5.96 Å². The van der Waals surface area contributed by atoms with E-state index in [1.54, 1.807) is 30.3 Å². The second-order valence-electron chi connectivity index (χ2n) is 7.16. The van der Waals surface area contributed by atoms with Crippen LogP contribution in [0.3, 0.4) is 0 Å². The number of rotatable bonds is 8. The molecule has 0 aliphatic heterocycles. The lowest BCUT2D eigenvalue weighted by atomic mass is 9.95. The third-order valence-corrected chi connectivity index (χ3v) is 6.59. The number of benzene rings is 2. The Kier molecular flexibility index (Phi) is 8.62. The minimum atomic E-state index is -3.44. The number of hydrogen-bond acceptors (Lipinski definition) is 3. The van der Waals surface area contributed by atoms with Crippen LogP contribution in [0.2, 0.25) is 0 Å². The quantitative estimate of drug-likeness (QED) is 0.270. The highest BCUT2D eigenvalue weighted by Gasteiger charge is 2.45. The number of nitrogens with zero attached hydrogens (tertiary/aromatic N) is 1. The van der Waals surface area contributed by atoms with Gasteiger partial charge in [-0.3, -0.25) is 0 Å². The van der Waals surface area contributed by atoms with Gasteiger partial charge >= 0.3 is 0 Å². The number of guanidine groups is 1. The normalized spacial score (nSPS) is 15.2. The molecule has 164 valence electrons. The summed E-state index contributed by atoms with van der Waals surface area (Å²) in [4.78, 5) is 4.80. The van der Waals surface area contributed by atoms with E-state index in [0.29, 0.717) is 25.6 Å². The lowest BCUT2D eigenvalue weighted by Crippen LogP contribution is -2.41. The van der Waals surface area contributed by atoms with Gasteiger partial charge in [-0.25, -0.2) is 22.5 Å². The van der Waals surface area contributed by atoms with Crippen LogP contribution in [-0.2, 0) is 22.0 Å². The fourth-order valence-electron chi connectivity index (χ4n) is 3.24. The molecule has 0 spiro atoms. The first-order valence-corrected chi connectivity index (χ1v) is 11.2. The molecule has 30 heavy (non-hydrogen) atoms. The van der Waals surface area contributed by atoms with E-state index in [2.05, 4.69) is 20.3 Å². The third-order valence-electron chi connectivity index (χ3n) is 5.16. The molecular weight excluding hydrogens is 518 g/mol. The predicted octanol–water partition coefficient (Wildman–Crippen LogP) is 3.14. The van der Waals surface area contributed by atoms with Gasteiger partial charge in [0, 0.05) is 18.5 Å². The molecule has 0 bridgehead atoms. The van der Waals surface area contributed by atoms with E-state index in [9.17, 15) is 12.8 Å². The van der Waals surface area contributed by atoms with E-state index in [1.165, 1.54) is 13.1 Å². The zero-order valence-electron chi connectivity index (χ0n) is 17.1. The zero-order chi connectivity index (χ0) is 20.9. The van der Waals surface area contributed by atoms with Crippen molar-refractivity contribution in [1.82, 2.24) is 15.4 Å². The number of nitrogens with one attached hydrogen (secondary N) is 3. The predicted molar refractivity (Wildman–Crippen MR) is 128 cm³/mol. The van der Waals surface area contributed by atoms with Gasteiger partial charge in [0.2, 0.25) is 10.0 Å². The monoisotopic (exact) mass is 546 g/mol. The van der Waals surface area contributed by atoms with Crippen molar-refractivity contribution in [3.05, 3.63) is 65.5 Å². The summed E-state index contributed by atoms with van der Waals surface area (Å²) < 4.78 is 40.1. The maximum absolute atomic E-state index is 14.2. The summed E-state index contributed by atoms with van der Waals surface area (Å²) in [5.41, 5.74) is 1.47. The lowest BCUT2D eigenvalue weighted by Gasteiger charge is -2.19. The molecular formula is C21H28FIN4O2S. The fourth-order valence-corrected chi connectivity index (χ4v) is 3.97. The molecule has 0 unspecified atom stereocenters. The molecule has 3 rings (SSSR count). The highest BCUT2D eigenvalue weighted by atomic mass is 127. The Morgan fingerprint density at radius 3 is 2.33 bits per heavy atom. The topological polar surface area (TPSA) is 82.6 Å². The first kappa shape index (κ1) is 24.5. The summed E-state index contributed by atoms with van der Waals surface area (Å²) in [6, 6.07) is 13.6. The van der Waals surface area contributed by atoms with Crippen molar-refractivity contribution in [2.75, 3.05) is 20.1 Å². The molecule has 3 N–H and O–H groups in total. The second kappa shape index (κ2) is 10.5. The zero-order valence-corrected chi connectivity index (χ0v) is 20.3. The highest BCUT2D eigenvalue weighted by Crippen LogP contribution is 2.48. The summed E-state index contributed by atoms with van der Waals surface area (Å²) >= 11 is 0. The molecule has 0 atom stereocenters. The molecule has 1 fully saturated rings. The van der Waals surface area contributed by atoms with Crippen LogP contribution in [0.4, 0.5) is 4.39 Å². The van der Waals surface area contributed by atoms with Crippen molar-refractivity contribution in [3.63, 3.8) is 0 Å². The first-order chi connectivity index (χ1) is 13.9. The summed E-state index contributed by atoms with van der Waals surface area (Å²) in [6.07, 6.45) is 1.89.